The van der Waals surface area contributed by atoms with Crippen molar-refractivity contribution in [2.45, 2.75) is 245 Å². The minimum atomic E-state index is -0.788. The third-order valence-corrected chi connectivity index (χ3v) is 10.4. The summed E-state index contributed by atoms with van der Waals surface area (Å²) in [6.45, 7) is 6.50. The lowest BCUT2D eigenvalue weighted by Gasteiger charge is -2.18. The molecule has 0 amide bonds. The number of esters is 3. The van der Waals surface area contributed by atoms with Crippen molar-refractivity contribution >= 4 is 17.9 Å². The first kappa shape index (κ1) is 56.1. The van der Waals surface area contributed by atoms with Gasteiger partial charge in [0.05, 0.1) is 0 Å². The summed E-state index contributed by atoms with van der Waals surface area (Å²) >= 11 is 0. The van der Waals surface area contributed by atoms with E-state index in [-0.39, 0.29) is 31.1 Å². The fourth-order valence-electron chi connectivity index (χ4n) is 6.68. The number of allylic oxidation sites excluding steroid dienone is 10. The first-order chi connectivity index (χ1) is 29.0. The molecule has 0 fully saturated rings. The van der Waals surface area contributed by atoms with Gasteiger partial charge in [0.1, 0.15) is 13.2 Å². The molecular weight excluding hydrogens is 733 g/mol. The van der Waals surface area contributed by atoms with E-state index in [0.717, 1.165) is 116 Å². The summed E-state index contributed by atoms with van der Waals surface area (Å²) in [5, 5.41) is 0. The van der Waals surface area contributed by atoms with Crippen molar-refractivity contribution in [3.05, 3.63) is 60.8 Å². The van der Waals surface area contributed by atoms with Crippen molar-refractivity contribution < 1.29 is 28.6 Å². The van der Waals surface area contributed by atoms with Crippen LogP contribution in [0.3, 0.4) is 0 Å². The van der Waals surface area contributed by atoms with Gasteiger partial charge < -0.3 is 14.2 Å². The van der Waals surface area contributed by atoms with E-state index in [2.05, 4.69) is 81.5 Å². The summed E-state index contributed by atoms with van der Waals surface area (Å²) in [6.07, 6.45) is 57.7. The van der Waals surface area contributed by atoms with Gasteiger partial charge in [0.2, 0.25) is 0 Å². The Morgan fingerprint density at radius 1 is 0.339 bits per heavy atom. The van der Waals surface area contributed by atoms with Crippen LogP contribution in [-0.2, 0) is 28.6 Å². The van der Waals surface area contributed by atoms with E-state index >= 15 is 0 Å². The number of carbonyl (C=O) groups excluding carboxylic acids is 3. The molecule has 0 aromatic carbocycles. The zero-order valence-electron chi connectivity index (χ0n) is 38.8. The Bertz CT molecular complexity index is 1090. The summed E-state index contributed by atoms with van der Waals surface area (Å²) in [7, 11) is 0. The highest BCUT2D eigenvalue weighted by Crippen LogP contribution is 2.13. The molecule has 6 heteroatoms. The van der Waals surface area contributed by atoms with Gasteiger partial charge in [-0.1, -0.05) is 178 Å². The molecule has 0 rings (SSSR count). The number of ether oxygens (including phenoxy) is 3. The number of rotatable bonds is 44. The third-order valence-electron chi connectivity index (χ3n) is 10.4. The summed E-state index contributed by atoms with van der Waals surface area (Å²) in [6, 6.07) is 0. The Morgan fingerprint density at radius 2 is 0.644 bits per heavy atom. The maximum absolute atomic E-state index is 12.8. The lowest BCUT2D eigenvalue weighted by Crippen LogP contribution is -2.30. The van der Waals surface area contributed by atoms with Crippen LogP contribution >= 0.6 is 0 Å². The molecule has 1 unspecified atom stereocenters. The monoisotopic (exact) mass is 825 g/mol. The Hall–Kier alpha value is -2.89. The Balaban J connectivity index is 4.41. The molecule has 0 aliphatic heterocycles. The molecule has 0 saturated carbocycles. The van der Waals surface area contributed by atoms with Crippen LogP contribution in [0, 0.1) is 0 Å². The molecule has 0 aliphatic rings. The van der Waals surface area contributed by atoms with Crippen LogP contribution in [0.4, 0.5) is 0 Å². The molecule has 0 bridgehead atoms. The first-order valence-electron chi connectivity index (χ1n) is 24.8. The number of hydrogen-bond acceptors (Lipinski definition) is 6. The van der Waals surface area contributed by atoms with Crippen LogP contribution in [0.25, 0.3) is 0 Å². The molecule has 0 aliphatic carbocycles. The van der Waals surface area contributed by atoms with Crippen molar-refractivity contribution in [3.63, 3.8) is 0 Å². The Labute approximate surface area is 364 Å². The highest BCUT2D eigenvalue weighted by molar-refractivity contribution is 5.71. The first-order valence-corrected chi connectivity index (χ1v) is 24.8. The predicted molar refractivity (Wildman–Crippen MR) is 251 cm³/mol. The van der Waals surface area contributed by atoms with Gasteiger partial charge in [-0.15, -0.1) is 0 Å². The average Bonchev–Trinajstić information content (AvgIpc) is 3.23. The lowest BCUT2D eigenvalue weighted by molar-refractivity contribution is -0.167. The summed E-state index contributed by atoms with van der Waals surface area (Å²) < 4.78 is 16.7. The molecule has 0 aromatic rings. The van der Waals surface area contributed by atoms with E-state index in [1.54, 1.807) is 0 Å². The van der Waals surface area contributed by atoms with E-state index < -0.39 is 6.10 Å². The van der Waals surface area contributed by atoms with Gasteiger partial charge in [-0.05, 0) is 103 Å². The minimum absolute atomic E-state index is 0.0894. The largest absolute Gasteiger partial charge is 0.462 e. The van der Waals surface area contributed by atoms with Crippen LogP contribution in [0.15, 0.2) is 60.8 Å². The van der Waals surface area contributed by atoms with E-state index in [1.807, 2.05) is 0 Å². The molecule has 340 valence electrons. The van der Waals surface area contributed by atoms with E-state index in [0.29, 0.717) is 19.3 Å². The van der Waals surface area contributed by atoms with Gasteiger partial charge in [-0.2, -0.15) is 0 Å². The number of hydrogen-bond donors (Lipinski definition) is 0. The Morgan fingerprint density at radius 3 is 1.05 bits per heavy atom. The summed E-state index contributed by atoms with van der Waals surface area (Å²) in [4.78, 5) is 37.8. The molecule has 0 radical (unpaired) electrons. The fourth-order valence-corrected chi connectivity index (χ4v) is 6.68. The molecule has 0 N–H and O–H groups in total. The zero-order valence-corrected chi connectivity index (χ0v) is 38.8. The highest BCUT2D eigenvalue weighted by Gasteiger charge is 2.19. The standard InChI is InChI=1S/C53H92O6/c1-4-7-10-13-16-19-22-24-26-28-29-31-34-37-40-43-46-52(55)58-49-50(48-57-51(54)45-42-39-36-33-21-18-15-12-9-6-3)59-53(56)47-44-41-38-35-32-30-27-25-23-20-17-14-11-8-5-2/h12,15,17,19-20,22,25-28,50H,4-11,13-14,16,18,21,23-24,29-49H2,1-3H3/b15-12-,20-17-,22-19-,27-25-,28-26-. The molecule has 6 nitrogen and oxygen atoms in total. The van der Waals surface area contributed by atoms with Crippen molar-refractivity contribution in [1.29, 1.82) is 0 Å². The zero-order chi connectivity index (χ0) is 43.0. The second-order valence-corrected chi connectivity index (χ2v) is 16.4. The minimum Gasteiger partial charge on any atom is -0.462 e. The molecule has 0 heterocycles. The van der Waals surface area contributed by atoms with Crippen molar-refractivity contribution in [2.24, 2.45) is 0 Å². The second kappa shape index (κ2) is 47.8. The van der Waals surface area contributed by atoms with Crippen molar-refractivity contribution in [2.75, 3.05) is 13.2 Å². The maximum Gasteiger partial charge on any atom is 0.306 e. The third kappa shape index (κ3) is 46.0. The van der Waals surface area contributed by atoms with Gasteiger partial charge in [0.25, 0.3) is 0 Å². The van der Waals surface area contributed by atoms with Crippen LogP contribution in [0.2, 0.25) is 0 Å². The topological polar surface area (TPSA) is 78.9 Å². The maximum atomic E-state index is 12.8. The normalized spacial score (nSPS) is 12.5. The van der Waals surface area contributed by atoms with Gasteiger partial charge in [0, 0.05) is 19.3 Å². The molecule has 0 spiro atoms. The Kier molecular flexibility index (Phi) is 45.4. The van der Waals surface area contributed by atoms with Gasteiger partial charge in [-0.25, -0.2) is 0 Å². The van der Waals surface area contributed by atoms with Crippen LogP contribution in [-0.4, -0.2) is 37.2 Å². The van der Waals surface area contributed by atoms with E-state index in [1.165, 1.54) is 83.5 Å². The lowest BCUT2D eigenvalue weighted by atomic mass is 10.1. The molecule has 0 saturated heterocycles. The van der Waals surface area contributed by atoms with Crippen molar-refractivity contribution in [3.8, 4) is 0 Å². The summed E-state index contributed by atoms with van der Waals surface area (Å²) in [5.41, 5.74) is 0. The number of unbranched alkanes of at least 4 members (excludes halogenated alkanes) is 23. The molecular formula is C53H92O6. The van der Waals surface area contributed by atoms with Gasteiger partial charge in [0.15, 0.2) is 6.10 Å². The number of carbonyl (C=O) groups is 3. The average molecular weight is 825 g/mol. The van der Waals surface area contributed by atoms with E-state index in [9.17, 15) is 14.4 Å². The van der Waals surface area contributed by atoms with Gasteiger partial charge >= 0.3 is 17.9 Å². The fraction of sp³-hybridized carbons (Fsp3) is 0.755. The van der Waals surface area contributed by atoms with Gasteiger partial charge in [-0.3, -0.25) is 14.4 Å². The molecule has 1 atom stereocenters. The van der Waals surface area contributed by atoms with Crippen molar-refractivity contribution in [1.82, 2.24) is 0 Å². The van der Waals surface area contributed by atoms with E-state index in [4.69, 9.17) is 14.2 Å². The second-order valence-electron chi connectivity index (χ2n) is 16.4. The molecule has 0 aromatic heterocycles. The van der Waals surface area contributed by atoms with Crippen LogP contribution in [0.5, 0.6) is 0 Å². The predicted octanol–water partition coefficient (Wildman–Crippen LogP) is 16.1. The smallest absolute Gasteiger partial charge is 0.306 e. The SMILES string of the molecule is CCC/C=C\CCCCCCCC(=O)OCC(COC(=O)CCCCCCC/C=C\C/C=C\CCCCCC)OC(=O)CCCCCCC/C=C\C/C=C\CCCCC. The van der Waals surface area contributed by atoms with Crippen LogP contribution < -0.4 is 0 Å². The summed E-state index contributed by atoms with van der Waals surface area (Å²) in [5.74, 6) is -0.927. The molecule has 59 heavy (non-hydrogen) atoms. The quantitative estimate of drug-likeness (QED) is 0.0263. The highest BCUT2D eigenvalue weighted by atomic mass is 16.6. The van der Waals surface area contributed by atoms with Crippen LogP contribution in [0.1, 0.15) is 239 Å².